The summed E-state index contributed by atoms with van der Waals surface area (Å²) in [5.74, 6) is 1.88. The molecule has 1 aliphatic heterocycles. The molecule has 1 aromatic rings. The molecule has 3 heteroatoms. The van der Waals surface area contributed by atoms with Gasteiger partial charge in [0.2, 0.25) is 0 Å². The van der Waals surface area contributed by atoms with Gasteiger partial charge < -0.3 is 9.47 Å². The van der Waals surface area contributed by atoms with Crippen LogP contribution in [-0.4, -0.2) is 32.2 Å². The minimum Gasteiger partial charge on any atom is -0.497 e. The molecule has 1 aliphatic rings. The van der Waals surface area contributed by atoms with Crippen LogP contribution in [0.3, 0.4) is 0 Å². The highest BCUT2D eigenvalue weighted by Gasteiger charge is 2.25. The summed E-state index contributed by atoms with van der Waals surface area (Å²) >= 11 is 0. The molecule has 0 spiro atoms. The lowest BCUT2D eigenvalue weighted by Gasteiger charge is -2.35. The summed E-state index contributed by atoms with van der Waals surface area (Å²) in [6.07, 6.45) is 3.80. The maximum Gasteiger partial charge on any atom is 0.123 e. The monoisotopic (exact) mass is 249 g/mol. The van der Waals surface area contributed by atoms with E-state index >= 15 is 0 Å². The first-order chi connectivity index (χ1) is 8.80. The minimum absolute atomic E-state index is 0.466. The molecule has 1 heterocycles. The summed E-state index contributed by atoms with van der Waals surface area (Å²) in [6.45, 7) is 4.50. The molecule has 0 bridgehead atoms. The Hall–Kier alpha value is -1.22. The number of hydrogen-bond acceptors (Lipinski definition) is 3. The van der Waals surface area contributed by atoms with E-state index in [2.05, 4.69) is 17.9 Å². The zero-order valence-electron chi connectivity index (χ0n) is 11.6. The smallest absolute Gasteiger partial charge is 0.123 e. The van der Waals surface area contributed by atoms with Crippen molar-refractivity contribution in [3.63, 3.8) is 0 Å². The van der Waals surface area contributed by atoms with Crippen LogP contribution in [0.1, 0.15) is 37.8 Å². The average Bonchev–Trinajstić information content (AvgIpc) is 2.46. The SMILES string of the molecule is CCN1CCCC[C@@H]1c1cc(OC)ccc1OC. The van der Waals surface area contributed by atoms with E-state index in [-0.39, 0.29) is 0 Å². The van der Waals surface area contributed by atoms with Crippen LogP contribution >= 0.6 is 0 Å². The molecule has 1 aromatic carbocycles. The number of likely N-dealkylation sites (tertiary alicyclic amines) is 1. The maximum absolute atomic E-state index is 5.51. The Kier molecular flexibility index (Phi) is 4.48. The molecule has 0 aromatic heterocycles. The summed E-state index contributed by atoms with van der Waals surface area (Å²) in [7, 11) is 3.45. The topological polar surface area (TPSA) is 21.7 Å². The van der Waals surface area contributed by atoms with Crippen molar-refractivity contribution in [2.24, 2.45) is 0 Å². The molecule has 0 amide bonds. The Morgan fingerprint density at radius 1 is 1.22 bits per heavy atom. The van der Waals surface area contributed by atoms with Gasteiger partial charge in [-0.2, -0.15) is 0 Å². The largest absolute Gasteiger partial charge is 0.497 e. The van der Waals surface area contributed by atoms with Crippen LogP contribution in [0.15, 0.2) is 18.2 Å². The molecule has 1 atom stereocenters. The zero-order chi connectivity index (χ0) is 13.0. The number of ether oxygens (including phenoxy) is 2. The van der Waals surface area contributed by atoms with E-state index in [1.54, 1.807) is 14.2 Å². The molecule has 3 nitrogen and oxygen atoms in total. The second kappa shape index (κ2) is 6.10. The Balaban J connectivity index is 2.34. The van der Waals surface area contributed by atoms with Crippen molar-refractivity contribution >= 4 is 0 Å². The van der Waals surface area contributed by atoms with Gasteiger partial charge in [-0.15, -0.1) is 0 Å². The predicted molar refractivity (Wildman–Crippen MR) is 73.4 cm³/mol. The lowest BCUT2D eigenvalue weighted by Crippen LogP contribution is -2.33. The van der Waals surface area contributed by atoms with Gasteiger partial charge in [0.25, 0.3) is 0 Å². The summed E-state index contributed by atoms with van der Waals surface area (Å²) in [4.78, 5) is 2.53. The van der Waals surface area contributed by atoms with Gasteiger partial charge in [0.15, 0.2) is 0 Å². The predicted octanol–water partition coefficient (Wildman–Crippen LogP) is 3.25. The van der Waals surface area contributed by atoms with E-state index in [4.69, 9.17) is 9.47 Å². The molecule has 100 valence electrons. The van der Waals surface area contributed by atoms with Crippen molar-refractivity contribution in [3.8, 4) is 11.5 Å². The summed E-state index contributed by atoms with van der Waals surface area (Å²) in [6, 6.07) is 6.56. The van der Waals surface area contributed by atoms with Gasteiger partial charge in [-0.25, -0.2) is 0 Å². The van der Waals surface area contributed by atoms with Gasteiger partial charge in [0.1, 0.15) is 11.5 Å². The van der Waals surface area contributed by atoms with Crippen LogP contribution in [0, 0.1) is 0 Å². The van der Waals surface area contributed by atoms with Crippen LogP contribution < -0.4 is 9.47 Å². The summed E-state index contributed by atoms with van der Waals surface area (Å²) < 4.78 is 10.8. The van der Waals surface area contributed by atoms with Gasteiger partial charge in [-0.1, -0.05) is 13.3 Å². The third-order valence-corrected chi connectivity index (χ3v) is 3.82. The highest BCUT2D eigenvalue weighted by molar-refractivity contribution is 5.42. The van der Waals surface area contributed by atoms with Crippen LogP contribution in [-0.2, 0) is 0 Å². The van der Waals surface area contributed by atoms with Gasteiger partial charge in [0, 0.05) is 11.6 Å². The third-order valence-electron chi connectivity index (χ3n) is 3.82. The fraction of sp³-hybridized carbons (Fsp3) is 0.600. The molecule has 2 rings (SSSR count). The van der Waals surface area contributed by atoms with E-state index in [1.807, 2.05) is 12.1 Å². The molecule has 18 heavy (non-hydrogen) atoms. The number of benzene rings is 1. The molecule has 0 N–H and O–H groups in total. The van der Waals surface area contributed by atoms with Crippen LogP contribution in [0.4, 0.5) is 0 Å². The number of hydrogen-bond donors (Lipinski definition) is 0. The lowest BCUT2D eigenvalue weighted by atomic mass is 9.94. The van der Waals surface area contributed by atoms with Gasteiger partial charge in [0.05, 0.1) is 14.2 Å². The molecular formula is C15H23NO2. The van der Waals surface area contributed by atoms with Crippen molar-refractivity contribution in [2.45, 2.75) is 32.2 Å². The first-order valence-electron chi connectivity index (χ1n) is 6.76. The normalized spacial score (nSPS) is 20.7. The highest BCUT2D eigenvalue weighted by Crippen LogP contribution is 2.37. The molecule has 1 fully saturated rings. The van der Waals surface area contributed by atoms with Crippen molar-refractivity contribution in [3.05, 3.63) is 23.8 Å². The highest BCUT2D eigenvalue weighted by atomic mass is 16.5. The van der Waals surface area contributed by atoms with Crippen LogP contribution in [0.5, 0.6) is 11.5 Å². The first kappa shape index (κ1) is 13.2. The lowest BCUT2D eigenvalue weighted by molar-refractivity contribution is 0.154. The Morgan fingerprint density at radius 3 is 2.72 bits per heavy atom. The second-order valence-corrected chi connectivity index (χ2v) is 4.75. The second-order valence-electron chi connectivity index (χ2n) is 4.75. The summed E-state index contributed by atoms with van der Waals surface area (Å²) in [5.41, 5.74) is 1.26. The van der Waals surface area contributed by atoms with Crippen LogP contribution in [0.2, 0.25) is 0 Å². The third kappa shape index (κ3) is 2.61. The number of piperidine rings is 1. The number of rotatable bonds is 4. The average molecular weight is 249 g/mol. The first-order valence-corrected chi connectivity index (χ1v) is 6.76. The van der Waals surface area contributed by atoms with E-state index < -0.39 is 0 Å². The molecule has 0 aliphatic carbocycles. The fourth-order valence-corrected chi connectivity index (χ4v) is 2.82. The van der Waals surface area contributed by atoms with Crippen molar-refractivity contribution in [1.29, 1.82) is 0 Å². The minimum atomic E-state index is 0.466. The molecule has 1 saturated heterocycles. The van der Waals surface area contributed by atoms with E-state index in [9.17, 15) is 0 Å². The molecule has 0 saturated carbocycles. The quantitative estimate of drug-likeness (QED) is 0.817. The van der Waals surface area contributed by atoms with E-state index in [0.717, 1.165) is 18.0 Å². The fourth-order valence-electron chi connectivity index (χ4n) is 2.82. The number of nitrogens with zero attached hydrogens (tertiary/aromatic N) is 1. The van der Waals surface area contributed by atoms with E-state index in [1.165, 1.54) is 31.4 Å². The zero-order valence-corrected chi connectivity index (χ0v) is 11.6. The number of methoxy groups -OCH3 is 2. The van der Waals surface area contributed by atoms with Crippen molar-refractivity contribution < 1.29 is 9.47 Å². The van der Waals surface area contributed by atoms with Gasteiger partial charge in [-0.3, -0.25) is 4.90 Å². The maximum atomic E-state index is 5.51. The summed E-state index contributed by atoms with van der Waals surface area (Å²) in [5, 5.41) is 0. The molecule has 0 radical (unpaired) electrons. The van der Waals surface area contributed by atoms with Crippen LogP contribution in [0.25, 0.3) is 0 Å². The van der Waals surface area contributed by atoms with Gasteiger partial charge >= 0.3 is 0 Å². The molecular weight excluding hydrogens is 226 g/mol. The van der Waals surface area contributed by atoms with Crippen molar-refractivity contribution in [1.82, 2.24) is 4.90 Å². The van der Waals surface area contributed by atoms with Crippen molar-refractivity contribution in [2.75, 3.05) is 27.3 Å². The Labute approximate surface area is 110 Å². The van der Waals surface area contributed by atoms with E-state index in [0.29, 0.717) is 6.04 Å². The standard InChI is InChI=1S/C15H23NO2/c1-4-16-10-6-5-7-14(16)13-11-12(17-2)8-9-15(13)18-3/h8-9,11,14H,4-7,10H2,1-3H3/t14-/m1/s1. The van der Waals surface area contributed by atoms with Gasteiger partial charge in [-0.05, 0) is 44.1 Å². The Morgan fingerprint density at radius 2 is 2.06 bits per heavy atom. The molecule has 0 unspecified atom stereocenters. The Bertz CT molecular complexity index is 392.